The molecule has 1 atom stereocenters. The van der Waals surface area contributed by atoms with Gasteiger partial charge < -0.3 is 20.6 Å². The topological polar surface area (TPSA) is 81.7 Å². The molecule has 3 N–H and O–H groups in total. The molecule has 3 aromatic rings. The fraction of sp³-hybridized carbons (Fsp3) is 0.231. The number of urea groups is 1. The van der Waals surface area contributed by atoms with Crippen LogP contribution >= 0.6 is 0 Å². The lowest BCUT2D eigenvalue weighted by molar-refractivity contribution is -0.141. The van der Waals surface area contributed by atoms with Gasteiger partial charge in [-0.25, -0.2) is 9.59 Å². The van der Waals surface area contributed by atoms with Crippen LogP contribution in [0.15, 0.2) is 66.7 Å². The summed E-state index contributed by atoms with van der Waals surface area (Å²) in [6, 6.07) is 21.0. The Morgan fingerprint density at radius 3 is 2.34 bits per heavy atom. The summed E-state index contributed by atoms with van der Waals surface area (Å²) in [5, 5.41) is 15.5. The van der Waals surface area contributed by atoms with Crippen LogP contribution in [0.3, 0.4) is 0 Å². The molecule has 2 amide bonds. The van der Waals surface area contributed by atoms with E-state index in [-0.39, 0.29) is 6.03 Å². The minimum absolute atomic E-state index is 0.377. The third-order valence-electron chi connectivity index (χ3n) is 5.90. The molecule has 1 unspecified atom stereocenters. The smallest absolute Gasteiger partial charge is 0.326 e. The van der Waals surface area contributed by atoms with Crippen LogP contribution < -0.4 is 10.6 Å². The van der Waals surface area contributed by atoms with Gasteiger partial charge in [0.25, 0.3) is 0 Å². The second-order valence-electron chi connectivity index (χ2n) is 8.17. The molecule has 1 saturated heterocycles. The number of nitrogens with one attached hydrogen (secondary N) is 2. The Balaban J connectivity index is 1.42. The summed E-state index contributed by atoms with van der Waals surface area (Å²) >= 11 is 0. The summed E-state index contributed by atoms with van der Waals surface area (Å²) in [5.74, 6) is -0.957. The first-order valence-corrected chi connectivity index (χ1v) is 10.8. The highest BCUT2D eigenvalue weighted by Crippen LogP contribution is 2.29. The maximum Gasteiger partial charge on any atom is 0.326 e. The molecule has 6 heteroatoms. The number of carboxylic acid groups (broad SMARTS) is 1. The monoisotopic (exact) mass is 429 g/mol. The third kappa shape index (κ3) is 4.59. The van der Waals surface area contributed by atoms with Gasteiger partial charge in [0.15, 0.2) is 0 Å². The number of aliphatic carboxylic acids is 1. The maximum absolute atomic E-state index is 12.5. The van der Waals surface area contributed by atoms with Gasteiger partial charge >= 0.3 is 12.0 Å². The first-order valence-electron chi connectivity index (χ1n) is 10.8. The van der Waals surface area contributed by atoms with Gasteiger partial charge in [0.2, 0.25) is 0 Å². The predicted molar refractivity (Wildman–Crippen MR) is 127 cm³/mol. The lowest BCUT2D eigenvalue weighted by Gasteiger charge is -2.21. The molecule has 0 saturated carbocycles. The van der Waals surface area contributed by atoms with E-state index in [1.54, 1.807) is 0 Å². The number of anilines is 3. The lowest BCUT2D eigenvalue weighted by Crippen LogP contribution is -2.42. The van der Waals surface area contributed by atoms with Crippen molar-refractivity contribution < 1.29 is 14.7 Å². The summed E-state index contributed by atoms with van der Waals surface area (Å²) in [5.41, 5.74) is 7.34. The molecule has 0 aromatic heterocycles. The van der Waals surface area contributed by atoms with Gasteiger partial charge in [-0.1, -0.05) is 30.3 Å². The van der Waals surface area contributed by atoms with Gasteiger partial charge in [-0.3, -0.25) is 0 Å². The van der Waals surface area contributed by atoms with Crippen molar-refractivity contribution in [3.05, 3.63) is 77.9 Å². The van der Waals surface area contributed by atoms with E-state index in [0.29, 0.717) is 25.1 Å². The molecule has 32 heavy (non-hydrogen) atoms. The second-order valence-corrected chi connectivity index (χ2v) is 8.17. The van der Waals surface area contributed by atoms with Crippen molar-refractivity contribution in [2.45, 2.75) is 32.7 Å². The van der Waals surface area contributed by atoms with Crippen molar-refractivity contribution in [1.29, 1.82) is 0 Å². The summed E-state index contributed by atoms with van der Waals surface area (Å²) in [6.07, 6.45) is 1.20. The Bertz CT molecular complexity index is 1140. The number of carboxylic acids is 1. The van der Waals surface area contributed by atoms with E-state index in [0.717, 1.165) is 16.9 Å². The zero-order valence-electron chi connectivity index (χ0n) is 18.3. The number of amides is 2. The number of aryl methyl sites for hydroxylation is 2. The minimum atomic E-state index is -0.957. The highest BCUT2D eigenvalue weighted by molar-refractivity contribution is 5.93. The number of hydrogen-bond donors (Lipinski definition) is 3. The molecule has 0 spiro atoms. The Morgan fingerprint density at radius 2 is 1.66 bits per heavy atom. The molecule has 0 aliphatic carbocycles. The summed E-state index contributed by atoms with van der Waals surface area (Å²) in [4.78, 5) is 25.1. The third-order valence-corrected chi connectivity index (χ3v) is 5.90. The van der Waals surface area contributed by atoms with Crippen LogP contribution in [0.2, 0.25) is 0 Å². The van der Waals surface area contributed by atoms with Crippen LogP contribution in [0.25, 0.3) is 11.1 Å². The average molecular weight is 430 g/mol. The molecule has 1 aliphatic heterocycles. The number of likely N-dealkylation sites (tertiary alicyclic amines) is 1. The number of rotatable bonds is 5. The Hall–Kier alpha value is -3.80. The van der Waals surface area contributed by atoms with Crippen molar-refractivity contribution in [2.75, 3.05) is 17.2 Å². The SMILES string of the molecule is Cc1cc(-c2ccccc2C)ccc1Nc1ccc(NC(=O)N2CCCC2C(=O)O)cc1. The number of benzene rings is 3. The lowest BCUT2D eigenvalue weighted by atomic mass is 9.98. The van der Waals surface area contributed by atoms with Gasteiger partial charge in [-0.05, 0) is 85.3 Å². The molecule has 1 aliphatic rings. The van der Waals surface area contributed by atoms with Crippen LogP contribution in [-0.2, 0) is 4.79 Å². The molecule has 3 aromatic carbocycles. The van der Waals surface area contributed by atoms with Gasteiger partial charge in [-0.15, -0.1) is 0 Å². The van der Waals surface area contributed by atoms with E-state index in [1.807, 2.05) is 30.3 Å². The van der Waals surface area contributed by atoms with Crippen molar-refractivity contribution in [2.24, 2.45) is 0 Å². The van der Waals surface area contributed by atoms with Crippen molar-refractivity contribution in [1.82, 2.24) is 4.90 Å². The fourth-order valence-electron chi connectivity index (χ4n) is 4.12. The minimum Gasteiger partial charge on any atom is -0.480 e. The van der Waals surface area contributed by atoms with Crippen LogP contribution in [0.5, 0.6) is 0 Å². The molecule has 4 rings (SSSR count). The van der Waals surface area contributed by atoms with Crippen LogP contribution in [0, 0.1) is 13.8 Å². The summed E-state index contributed by atoms with van der Waals surface area (Å²) < 4.78 is 0. The molecule has 1 heterocycles. The molecule has 0 radical (unpaired) electrons. The highest BCUT2D eigenvalue weighted by atomic mass is 16.4. The fourth-order valence-corrected chi connectivity index (χ4v) is 4.12. The molecule has 0 bridgehead atoms. The van der Waals surface area contributed by atoms with Crippen LogP contribution in [0.4, 0.5) is 21.9 Å². The Morgan fingerprint density at radius 1 is 0.938 bits per heavy atom. The van der Waals surface area contributed by atoms with Crippen LogP contribution in [0.1, 0.15) is 24.0 Å². The van der Waals surface area contributed by atoms with E-state index >= 15 is 0 Å². The summed E-state index contributed by atoms with van der Waals surface area (Å²) in [7, 11) is 0. The Labute approximate surface area is 187 Å². The quantitative estimate of drug-likeness (QED) is 0.479. The maximum atomic E-state index is 12.5. The standard InChI is InChI=1S/C26H27N3O3/c1-17-6-3-4-7-22(17)19-9-14-23(18(2)16-19)27-20-10-12-21(13-11-20)28-26(32)29-15-5-8-24(29)25(30)31/h3-4,6-7,9-14,16,24,27H,5,8,15H2,1-2H3,(H,28,32)(H,30,31). The average Bonchev–Trinajstić information content (AvgIpc) is 3.27. The van der Waals surface area contributed by atoms with Crippen molar-refractivity contribution >= 4 is 29.1 Å². The molecular weight excluding hydrogens is 402 g/mol. The van der Waals surface area contributed by atoms with Crippen molar-refractivity contribution in [3.63, 3.8) is 0 Å². The summed E-state index contributed by atoms with van der Waals surface area (Å²) in [6.45, 7) is 4.65. The van der Waals surface area contributed by atoms with E-state index in [4.69, 9.17) is 0 Å². The first kappa shape index (κ1) is 21.4. The number of nitrogens with zero attached hydrogens (tertiary/aromatic N) is 1. The second kappa shape index (κ2) is 9.14. The van der Waals surface area contributed by atoms with E-state index in [1.165, 1.54) is 21.6 Å². The predicted octanol–water partition coefficient (Wildman–Crippen LogP) is 5.79. The van der Waals surface area contributed by atoms with Gasteiger partial charge in [0.1, 0.15) is 6.04 Å². The van der Waals surface area contributed by atoms with Gasteiger partial charge in [-0.2, -0.15) is 0 Å². The van der Waals surface area contributed by atoms with Crippen molar-refractivity contribution in [3.8, 4) is 11.1 Å². The molecule has 164 valence electrons. The van der Waals surface area contributed by atoms with Gasteiger partial charge in [0, 0.05) is 23.6 Å². The number of carbonyl (C=O) groups excluding carboxylic acids is 1. The van der Waals surface area contributed by atoms with Gasteiger partial charge in [0.05, 0.1) is 0 Å². The number of carbonyl (C=O) groups is 2. The van der Waals surface area contributed by atoms with Crippen LogP contribution in [-0.4, -0.2) is 34.6 Å². The molecule has 6 nitrogen and oxygen atoms in total. The zero-order valence-corrected chi connectivity index (χ0v) is 18.3. The highest BCUT2D eigenvalue weighted by Gasteiger charge is 2.33. The van der Waals surface area contributed by atoms with E-state index in [9.17, 15) is 14.7 Å². The normalized spacial score (nSPS) is 15.4. The molecule has 1 fully saturated rings. The Kier molecular flexibility index (Phi) is 6.12. The zero-order chi connectivity index (χ0) is 22.7. The first-order chi connectivity index (χ1) is 15.4. The number of hydrogen-bond acceptors (Lipinski definition) is 3. The van der Waals surface area contributed by atoms with E-state index < -0.39 is 12.0 Å². The van der Waals surface area contributed by atoms with E-state index in [2.05, 4.69) is 60.9 Å². The molecular formula is C26H27N3O3. The largest absolute Gasteiger partial charge is 0.480 e.